The van der Waals surface area contributed by atoms with E-state index in [1.165, 1.54) is 30.3 Å². The van der Waals surface area contributed by atoms with Gasteiger partial charge in [0.1, 0.15) is 10.6 Å². The van der Waals surface area contributed by atoms with Gasteiger partial charge in [-0.25, -0.2) is 0 Å². The highest BCUT2D eigenvalue weighted by Gasteiger charge is 2.20. The molecule has 0 aliphatic heterocycles. The molecule has 0 fully saturated rings. The second-order valence-corrected chi connectivity index (χ2v) is 8.76. The van der Waals surface area contributed by atoms with E-state index in [-0.39, 0.29) is 22.2 Å². The van der Waals surface area contributed by atoms with E-state index in [9.17, 15) is 31.0 Å². The fraction of sp³-hybridized carbons (Fsp3) is 0.0588. The Labute approximate surface area is 160 Å². The summed E-state index contributed by atoms with van der Waals surface area (Å²) in [6.45, 7) is 1.72. The first kappa shape index (κ1) is 19.9. The van der Waals surface area contributed by atoms with E-state index in [1.54, 1.807) is 13.0 Å². The van der Waals surface area contributed by atoms with Gasteiger partial charge in [-0.05, 0) is 60.3 Å². The molecule has 11 heteroatoms. The largest absolute Gasteiger partial charge is 0.508 e. The van der Waals surface area contributed by atoms with E-state index in [4.69, 9.17) is 0 Å². The number of phenolic OH excluding ortho intramolecular Hbond substituents is 1. The zero-order valence-electron chi connectivity index (χ0n) is 14.3. The lowest BCUT2D eigenvalue weighted by atomic mass is 10.1. The molecule has 0 unspecified atom stereocenters. The number of hydrogen-bond donors (Lipinski definition) is 3. The van der Waals surface area contributed by atoms with E-state index >= 15 is 0 Å². The van der Waals surface area contributed by atoms with Crippen molar-refractivity contribution in [2.75, 3.05) is 0 Å². The number of aryl methyl sites for hydroxylation is 1. The fourth-order valence-corrected chi connectivity index (χ4v) is 3.92. The summed E-state index contributed by atoms with van der Waals surface area (Å²) in [4.78, 5) is -1.35. The van der Waals surface area contributed by atoms with Crippen LogP contribution in [0.5, 0.6) is 5.75 Å². The molecule has 0 amide bonds. The van der Waals surface area contributed by atoms with Crippen molar-refractivity contribution in [1.82, 2.24) is 0 Å². The van der Waals surface area contributed by atoms with Crippen molar-refractivity contribution < 1.29 is 31.0 Å². The van der Waals surface area contributed by atoms with Crippen LogP contribution in [0.25, 0.3) is 10.8 Å². The molecule has 0 heterocycles. The second kappa shape index (κ2) is 6.95. The second-order valence-electron chi connectivity index (χ2n) is 5.95. The van der Waals surface area contributed by atoms with E-state index < -0.39 is 30.0 Å². The molecule has 9 nitrogen and oxygen atoms in total. The average molecular weight is 422 g/mol. The number of azo groups is 1. The molecule has 3 N–H and O–H groups in total. The highest BCUT2D eigenvalue weighted by Crippen LogP contribution is 2.31. The number of fused-ring (bicyclic) bond motifs is 1. The van der Waals surface area contributed by atoms with Gasteiger partial charge in [-0.3, -0.25) is 9.11 Å². The lowest BCUT2D eigenvalue weighted by Gasteiger charge is -2.07. The van der Waals surface area contributed by atoms with Crippen LogP contribution < -0.4 is 0 Å². The third-order valence-electron chi connectivity index (χ3n) is 3.90. The first-order valence-corrected chi connectivity index (χ1v) is 10.6. The molecule has 3 aromatic carbocycles. The summed E-state index contributed by atoms with van der Waals surface area (Å²) < 4.78 is 64.8. The molecule has 0 saturated heterocycles. The summed E-state index contributed by atoms with van der Waals surface area (Å²) in [5, 5.41) is 17.6. The Balaban J connectivity index is 2.16. The Morgan fingerprint density at radius 3 is 2.14 bits per heavy atom. The van der Waals surface area contributed by atoms with Crippen LogP contribution in [0.4, 0.5) is 11.4 Å². The van der Waals surface area contributed by atoms with Crippen LogP contribution in [-0.2, 0) is 20.2 Å². The highest BCUT2D eigenvalue weighted by atomic mass is 32.2. The van der Waals surface area contributed by atoms with Crippen LogP contribution in [-0.4, -0.2) is 31.0 Å². The van der Waals surface area contributed by atoms with Gasteiger partial charge in [0.15, 0.2) is 0 Å². The smallest absolute Gasteiger partial charge is 0.295 e. The van der Waals surface area contributed by atoms with Crippen molar-refractivity contribution in [2.24, 2.45) is 10.2 Å². The molecule has 3 rings (SSSR count). The van der Waals surface area contributed by atoms with Gasteiger partial charge < -0.3 is 5.11 Å². The van der Waals surface area contributed by atoms with Gasteiger partial charge in [-0.15, -0.1) is 0 Å². The van der Waals surface area contributed by atoms with Gasteiger partial charge in [-0.1, -0.05) is 6.07 Å². The predicted octanol–water partition coefficient (Wildman–Crippen LogP) is 3.76. The molecule has 0 bridgehead atoms. The quantitative estimate of drug-likeness (QED) is 0.427. The summed E-state index contributed by atoms with van der Waals surface area (Å²) in [6, 6.07) is 10.4. The molecule has 28 heavy (non-hydrogen) atoms. The number of nitrogens with zero attached hydrogens (tertiary/aromatic N) is 2. The van der Waals surface area contributed by atoms with Crippen LogP contribution >= 0.6 is 0 Å². The summed E-state index contributed by atoms with van der Waals surface area (Å²) in [6.07, 6.45) is 0. The topological polar surface area (TPSA) is 154 Å². The van der Waals surface area contributed by atoms with Crippen molar-refractivity contribution in [3.05, 3.63) is 54.1 Å². The molecular weight excluding hydrogens is 408 g/mol. The zero-order chi connectivity index (χ0) is 20.7. The Bertz CT molecular complexity index is 1330. The van der Waals surface area contributed by atoms with Crippen LogP contribution in [0.1, 0.15) is 5.56 Å². The normalized spacial score (nSPS) is 12.7. The molecule has 0 aromatic heterocycles. The Morgan fingerprint density at radius 1 is 0.821 bits per heavy atom. The minimum atomic E-state index is -4.78. The van der Waals surface area contributed by atoms with Crippen molar-refractivity contribution >= 4 is 42.4 Å². The lowest BCUT2D eigenvalue weighted by molar-refractivity contribution is 0.474. The van der Waals surface area contributed by atoms with Crippen LogP contribution in [0.2, 0.25) is 0 Å². The van der Waals surface area contributed by atoms with Gasteiger partial charge in [0.25, 0.3) is 20.2 Å². The molecule has 0 atom stereocenters. The molecule has 0 aliphatic rings. The van der Waals surface area contributed by atoms with Gasteiger partial charge >= 0.3 is 0 Å². The summed E-state index contributed by atoms with van der Waals surface area (Å²) in [7, 11) is -9.46. The summed E-state index contributed by atoms with van der Waals surface area (Å²) in [5.41, 5.74) is 1.39. The summed E-state index contributed by atoms with van der Waals surface area (Å²) in [5.74, 6) is 0.0783. The Kier molecular flexibility index (Phi) is 4.93. The van der Waals surface area contributed by atoms with Crippen LogP contribution in [0.15, 0.2) is 68.6 Å². The predicted molar refractivity (Wildman–Crippen MR) is 101 cm³/mol. The van der Waals surface area contributed by atoms with Gasteiger partial charge in [-0.2, -0.15) is 27.1 Å². The number of rotatable bonds is 4. The van der Waals surface area contributed by atoms with Crippen LogP contribution in [0, 0.1) is 6.92 Å². The zero-order valence-corrected chi connectivity index (χ0v) is 15.9. The van der Waals surface area contributed by atoms with Crippen molar-refractivity contribution in [3.8, 4) is 5.75 Å². The Hall–Kier alpha value is -2.86. The van der Waals surface area contributed by atoms with E-state index in [2.05, 4.69) is 10.2 Å². The van der Waals surface area contributed by atoms with Crippen LogP contribution in [0.3, 0.4) is 0 Å². The number of benzene rings is 3. The standard InChI is InChI=1S/C17H14N2O7S2/c1-10-6-13(20)4-5-16(10)19-18-12-3-2-11-7-14(27(21,22)23)9-17(15(11)8-12)28(24,25)26/h2-9,20H,1H3,(H,21,22,23)(H,24,25,26)/b19-18+. The average Bonchev–Trinajstić information content (AvgIpc) is 2.58. The third kappa shape index (κ3) is 4.17. The molecule has 0 radical (unpaired) electrons. The maximum Gasteiger partial charge on any atom is 0.295 e. The monoisotopic (exact) mass is 422 g/mol. The molecule has 146 valence electrons. The molecule has 0 aliphatic carbocycles. The first-order valence-electron chi connectivity index (χ1n) is 7.69. The van der Waals surface area contributed by atoms with Crippen molar-refractivity contribution in [2.45, 2.75) is 16.7 Å². The maximum atomic E-state index is 11.7. The molecule has 0 spiro atoms. The minimum Gasteiger partial charge on any atom is -0.508 e. The molecular formula is C17H14N2O7S2. The first-order chi connectivity index (χ1) is 12.9. The van der Waals surface area contributed by atoms with E-state index in [0.717, 1.165) is 6.07 Å². The van der Waals surface area contributed by atoms with E-state index in [0.29, 0.717) is 17.3 Å². The molecule has 0 saturated carbocycles. The minimum absolute atomic E-state index is 0.00813. The summed E-state index contributed by atoms with van der Waals surface area (Å²) >= 11 is 0. The van der Waals surface area contributed by atoms with Gasteiger partial charge in [0.2, 0.25) is 0 Å². The number of aromatic hydroxyl groups is 1. The third-order valence-corrected chi connectivity index (χ3v) is 5.63. The van der Waals surface area contributed by atoms with Gasteiger partial charge in [0, 0.05) is 5.39 Å². The lowest BCUT2D eigenvalue weighted by Crippen LogP contribution is -2.04. The molecule has 3 aromatic rings. The maximum absolute atomic E-state index is 11.7. The van der Waals surface area contributed by atoms with Gasteiger partial charge in [0.05, 0.1) is 16.3 Å². The number of hydrogen-bond acceptors (Lipinski definition) is 7. The van der Waals surface area contributed by atoms with E-state index in [1.807, 2.05) is 0 Å². The van der Waals surface area contributed by atoms with Crippen molar-refractivity contribution in [3.63, 3.8) is 0 Å². The fourth-order valence-electron chi connectivity index (χ4n) is 2.57. The Morgan fingerprint density at radius 2 is 1.54 bits per heavy atom. The number of phenols is 1. The SMILES string of the molecule is Cc1cc(O)ccc1/N=N/c1ccc2cc(S(=O)(=O)O)cc(S(=O)(=O)O)c2c1. The van der Waals surface area contributed by atoms with Crippen molar-refractivity contribution in [1.29, 1.82) is 0 Å². The highest BCUT2D eigenvalue weighted by molar-refractivity contribution is 7.86.